The van der Waals surface area contributed by atoms with Gasteiger partial charge in [0.1, 0.15) is 0 Å². The first-order chi connectivity index (χ1) is 8.50. The first-order valence-electron chi connectivity index (χ1n) is 6.98. The van der Waals surface area contributed by atoms with Crippen molar-refractivity contribution in [3.63, 3.8) is 0 Å². The molecule has 0 amide bonds. The van der Waals surface area contributed by atoms with Gasteiger partial charge in [-0.2, -0.15) is 0 Å². The van der Waals surface area contributed by atoms with Crippen molar-refractivity contribution in [3.8, 4) is 0 Å². The molecule has 102 valence electrons. The number of hydrogen-bond acceptors (Lipinski definition) is 2. The number of nitrogens with zero attached hydrogens (tertiary/aromatic N) is 1. The molecule has 0 aliphatic carbocycles. The first kappa shape index (κ1) is 15.2. The first-order valence-corrected chi connectivity index (χ1v) is 6.98. The third-order valence-corrected chi connectivity index (χ3v) is 3.65. The lowest BCUT2D eigenvalue weighted by molar-refractivity contribution is 0.269. The van der Waals surface area contributed by atoms with Gasteiger partial charge in [0.05, 0.1) is 0 Å². The van der Waals surface area contributed by atoms with Gasteiger partial charge in [-0.1, -0.05) is 18.2 Å². The molecule has 18 heavy (non-hydrogen) atoms. The summed E-state index contributed by atoms with van der Waals surface area (Å²) >= 11 is 0. The second-order valence-corrected chi connectivity index (χ2v) is 5.52. The van der Waals surface area contributed by atoms with Crippen LogP contribution in [0.2, 0.25) is 0 Å². The molecule has 2 heteroatoms. The van der Waals surface area contributed by atoms with E-state index in [1.807, 2.05) is 0 Å². The average molecular weight is 248 g/mol. The Morgan fingerprint density at radius 3 is 2.50 bits per heavy atom. The Labute approximate surface area is 112 Å². The fourth-order valence-corrected chi connectivity index (χ4v) is 1.86. The molecule has 0 heterocycles. The Balaban J connectivity index is 2.20. The van der Waals surface area contributed by atoms with E-state index in [1.54, 1.807) is 0 Å². The van der Waals surface area contributed by atoms with E-state index in [-0.39, 0.29) is 0 Å². The molecule has 1 N–H and O–H groups in total. The molecule has 1 aromatic carbocycles. The van der Waals surface area contributed by atoms with Crippen LogP contribution >= 0.6 is 0 Å². The second-order valence-electron chi connectivity index (χ2n) is 5.52. The topological polar surface area (TPSA) is 15.3 Å². The monoisotopic (exact) mass is 248 g/mol. The molecule has 0 spiro atoms. The van der Waals surface area contributed by atoms with Gasteiger partial charge in [-0.3, -0.25) is 0 Å². The number of hydrogen-bond donors (Lipinski definition) is 1. The van der Waals surface area contributed by atoms with Crippen LogP contribution in [0.15, 0.2) is 18.2 Å². The molecule has 0 atom stereocenters. The standard InChI is InChI=1S/C16H28N2/c1-13(2)18(5)10-6-9-17-12-16-8-7-14(3)15(4)11-16/h7-8,11,13,17H,6,9-10,12H2,1-5H3. The zero-order valence-electron chi connectivity index (χ0n) is 12.6. The molecule has 0 bridgehead atoms. The maximum Gasteiger partial charge on any atom is 0.0205 e. The number of benzene rings is 1. The van der Waals surface area contributed by atoms with Crippen LogP contribution in [0, 0.1) is 13.8 Å². The van der Waals surface area contributed by atoms with Crippen LogP contribution in [-0.2, 0) is 6.54 Å². The molecule has 0 aromatic heterocycles. The largest absolute Gasteiger partial charge is 0.313 e. The van der Waals surface area contributed by atoms with Gasteiger partial charge in [-0.15, -0.1) is 0 Å². The van der Waals surface area contributed by atoms with E-state index in [0.29, 0.717) is 6.04 Å². The summed E-state index contributed by atoms with van der Waals surface area (Å²) in [6.45, 7) is 12.0. The number of rotatable bonds is 7. The molecular weight excluding hydrogens is 220 g/mol. The predicted molar refractivity (Wildman–Crippen MR) is 80.0 cm³/mol. The second kappa shape index (κ2) is 7.55. The third-order valence-electron chi connectivity index (χ3n) is 3.65. The molecule has 0 fully saturated rings. The summed E-state index contributed by atoms with van der Waals surface area (Å²) in [6.07, 6.45) is 1.21. The maximum atomic E-state index is 3.52. The Morgan fingerprint density at radius 2 is 1.89 bits per heavy atom. The third kappa shape index (κ3) is 5.19. The lowest BCUT2D eigenvalue weighted by Crippen LogP contribution is -2.29. The maximum absolute atomic E-state index is 3.52. The molecule has 0 saturated heterocycles. The number of aryl methyl sites for hydroxylation is 2. The van der Waals surface area contributed by atoms with Gasteiger partial charge in [0, 0.05) is 12.6 Å². The highest BCUT2D eigenvalue weighted by atomic mass is 15.1. The van der Waals surface area contributed by atoms with Crippen LogP contribution in [0.1, 0.15) is 37.0 Å². The van der Waals surface area contributed by atoms with Crippen LogP contribution in [0.3, 0.4) is 0 Å². The van der Waals surface area contributed by atoms with E-state index >= 15 is 0 Å². The summed E-state index contributed by atoms with van der Waals surface area (Å²) < 4.78 is 0. The molecule has 0 unspecified atom stereocenters. The lowest BCUT2D eigenvalue weighted by atomic mass is 10.1. The molecule has 2 nitrogen and oxygen atoms in total. The minimum absolute atomic E-state index is 0.643. The fraction of sp³-hybridized carbons (Fsp3) is 0.625. The molecule has 0 saturated carbocycles. The zero-order valence-corrected chi connectivity index (χ0v) is 12.6. The molecule has 1 rings (SSSR count). The molecule has 0 radical (unpaired) electrons. The van der Waals surface area contributed by atoms with Crippen molar-refractivity contribution < 1.29 is 0 Å². The van der Waals surface area contributed by atoms with Crippen LogP contribution in [0.25, 0.3) is 0 Å². The van der Waals surface area contributed by atoms with Crippen molar-refractivity contribution in [1.29, 1.82) is 0 Å². The molecule has 0 aliphatic rings. The molecule has 1 aromatic rings. The van der Waals surface area contributed by atoms with Gasteiger partial charge in [0.25, 0.3) is 0 Å². The predicted octanol–water partition coefficient (Wildman–Crippen LogP) is 3.12. The van der Waals surface area contributed by atoms with Crippen molar-refractivity contribution in [2.24, 2.45) is 0 Å². The van der Waals surface area contributed by atoms with Gasteiger partial charge in [-0.05, 0) is 70.9 Å². The quantitative estimate of drug-likeness (QED) is 0.746. The smallest absolute Gasteiger partial charge is 0.0205 e. The minimum atomic E-state index is 0.643. The van der Waals surface area contributed by atoms with Gasteiger partial charge in [-0.25, -0.2) is 0 Å². The number of nitrogens with one attached hydrogen (secondary N) is 1. The van der Waals surface area contributed by atoms with Gasteiger partial charge < -0.3 is 10.2 Å². The molecule has 0 aliphatic heterocycles. The fourth-order valence-electron chi connectivity index (χ4n) is 1.86. The Morgan fingerprint density at radius 1 is 1.17 bits per heavy atom. The highest BCUT2D eigenvalue weighted by Crippen LogP contribution is 2.09. The summed E-state index contributed by atoms with van der Waals surface area (Å²) in [5.74, 6) is 0. The summed E-state index contributed by atoms with van der Waals surface area (Å²) in [5, 5.41) is 3.52. The summed E-state index contributed by atoms with van der Waals surface area (Å²) in [7, 11) is 2.19. The van der Waals surface area contributed by atoms with E-state index in [4.69, 9.17) is 0 Å². The van der Waals surface area contributed by atoms with Crippen molar-refractivity contribution >= 4 is 0 Å². The highest BCUT2D eigenvalue weighted by Gasteiger charge is 2.01. The summed E-state index contributed by atoms with van der Waals surface area (Å²) in [6, 6.07) is 7.35. The van der Waals surface area contributed by atoms with Gasteiger partial charge in [0.15, 0.2) is 0 Å². The van der Waals surface area contributed by atoms with E-state index < -0.39 is 0 Å². The van der Waals surface area contributed by atoms with Crippen LogP contribution < -0.4 is 5.32 Å². The molecular formula is C16H28N2. The SMILES string of the molecule is Cc1ccc(CNCCCN(C)C(C)C)cc1C. The van der Waals surface area contributed by atoms with Crippen LogP contribution in [0.5, 0.6) is 0 Å². The van der Waals surface area contributed by atoms with Crippen molar-refractivity contribution in [1.82, 2.24) is 10.2 Å². The Bertz CT molecular complexity index is 358. The van der Waals surface area contributed by atoms with Crippen LogP contribution in [0.4, 0.5) is 0 Å². The van der Waals surface area contributed by atoms with E-state index in [2.05, 4.69) is 63.2 Å². The van der Waals surface area contributed by atoms with Crippen molar-refractivity contribution in [2.75, 3.05) is 20.1 Å². The summed E-state index contributed by atoms with van der Waals surface area (Å²) in [5.41, 5.74) is 4.14. The highest BCUT2D eigenvalue weighted by molar-refractivity contribution is 5.29. The van der Waals surface area contributed by atoms with Gasteiger partial charge in [0.2, 0.25) is 0 Å². The summed E-state index contributed by atoms with van der Waals surface area (Å²) in [4.78, 5) is 2.39. The van der Waals surface area contributed by atoms with E-state index in [9.17, 15) is 0 Å². The Hall–Kier alpha value is -0.860. The zero-order chi connectivity index (χ0) is 13.5. The normalized spacial score (nSPS) is 11.5. The lowest BCUT2D eigenvalue weighted by Gasteiger charge is -2.20. The average Bonchev–Trinajstić information content (AvgIpc) is 2.32. The van der Waals surface area contributed by atoms with E-state index in [0.717, 1.165) is 19.6 Å². The van der Waals surface area contributed by atoms with E-state index in [1.165, 1.54) is 23.1 Å². The van der Waals surface area contributed by atoms with Crippen LogP contribution in [-0.4, -0.2) is 31.1 Å². The van der Waals surface area contributed by atoms with Crippen molar-refractivity contribution in [2.45, 2.75) is 46.7 Å². The van der Waals surface area contributed by atoms with Gasteiger partial charge >= 0.3 is 0 Å². The van der Waals surface area contributed by atoms with Crippen molar-refractivity contribution in [3.05, 3.63) is 34.9 Å². The Kier molecular flexibility index (Phi) is 6.37. The minimum Gasteiger partial charge on any atom is -0.313 e.